The number of nitrogens with one attached hydrogen (secondary N) is 1. The summed E-state index contributed by atoms with van der Waals surface area (Å²) >= 11 is 0. The van der Waals surface area contributed by atoms with Crippen LogP contribution in [0.1, 0.15) is 65.0 Å². The highest BCUT2D eigenvalue weighted by Gasteiger charge is 2.18. The van der Waals surface area contributed by atoms with Crippen molar-refractivity contribution in [1.29, 1.82) is 0 Å². The first-order chi connectivity index (χ1) is 19.3. The number of benzene rings is 2. The molecule has 0 atom stereocenters. The number of aromatic nitrogens is 1. The summed E-state index contributed by atoms with van der Waals surface area (Å²) in [6.45, 7) is 6.32. The second kappa shape index (κ2) is 14.0. The number of carbonyl (C=O) groups excluding carboxylic acids is 1. The highest BCUT2D eigenvalue weighted by molar-refractivity contribution is 5.78. The fourth-order valence-corrected chi connectivity index (χ4v) is 5.06. The Morgan fingerprint density at radius 2 is 1.93 bits per heavy atom. The molecule has 0 radical (unpaired) electrons. The van der Waals surface area contributed by atoms with E-state index in [1.54, 1.807) is 7.11 Å². The Morgan fingerprint density at radius 1 is 1.10 bits per heavy atom. The molecule has 0 aliphatic carbocycles. The lowest BCUT2D eigenvalue weighted by atomic mass is 10.00. The summed E-state index contributed by atoms with van der Waals surface area (Å²) in [7, 11) is 1.66. The highest BCUT2D eigenvalue weighted by Crippen LogP contribution is 2.28. The van der Waals surface area contributed by atoms with Crippen molar-refractivity contribution in [2.45, 2.75) is 65.5 Å². The zero-order valence-electron chi connectivity index (χ0n) is 23.6. The summed E-state index contributed by atoms with van der Waals surface area (Å²) in [5, 5.41) is 16.3. The molecule has 2 aromatic carbocycles. The van der Waals surface area contributed by atoms with Crippen LogP contribution >= 0.6 is 0 Å². The zero-order chi connectivity index (χ0) is 28.5. The Hall–Kier alpha value is -3.85. The Labute approximate surface area is 235 Å². The molecule has 214 valence electrons. The van der Waals surface area contributed by atoms with Gasteiger partial charge < -0.3 is 24.4 Å². The van der Waals surface area contributed by atoms with Crippen LogP contribution in [0, 0.1) is 13.8 Å². The number of hydrogen-bond donors (Lipinski definition) is 2. The quantitative estimate of drug-likeness (QED) is 0.420. The van der Waals surface area contributed by atoms with Crippen molar-refractivity contribution in [2.24, 2.45) is 0 Å². The minimum absolute atomic E-state index is 0.0202. The van der Waals surface area contributed by atoms with E-state index in [0.29, 0.717) is 39.1 Å². The maximum atomic E-state index is 12.9. The van der Waals surface area contributed by atoms with E-state index in [0.717, 1.165) is 70.0 Å². The lowest BCUT2D eigenvalue weighted by Gasteiger charge is -2.24. The van der Waals surface area contributed by atoms with E-state index in [1.165, 1.54) is 0 Å². The van der Waals surface area contributed by atoms with Crippen molar-refractivity contribution in [3.8, 4) is 11.5 Å². The normalized spacial score (nSPS) is 15.1. The van der Waals surface area contributed by atoms with Gasteiger partial charge in [-0.15, -0.1) is 0 Å². The molecule has 0 spiro atoms. The number of carbonyl (C=O) groups is 2. The van der Waals surface area contributed by atoms with E-state index in [1.807, 2.05) is 44.2 Å². The summed E-state index contributed by atoms with van der Waals surface area (Å²) in [5.41, 5.74) is 5.84. The average Bonchev–Trinajstić information content (AvgIpc) is 3.24. The van der Waals surface area contributed by atoms with Gasteiger partial charge in [0.2, 0.25) is 5.91 Å². The second-order valence-electron chi connectivity index (χ2n) is 10.4. The third kappa shape index (κ3) is 8.08. The first-order valence-corrected chi connectivity index (χ1v) is 13.9. The van der Waals surface area contributed by atoms with Crippen LogP contribution in [0.25, 0.3) is 0 Å². The number of hydrogen-bond acceptors (Lipinski definition) is 7. The second-order valence-corrected chi connectivity index (χ2v) is 10.4. The molecule has 3 aromatic rings. The molecule has 0 unspecified atom stereocenters. The number of nitrogens with zero attached hydrogens (tertiary/aromatic N) is 2. The molecule has 9 nitrogen and oxygen atoms in total. The van der Waals surface area contributed by atoms with Crippen molar-refractivity contribution in [2.75, 3.05) is 26.8 Å². The first kappa shape index (κ1) is 29.1. The van der Waals surface area contributed by atoms with E-state index in [-0.39, 0.29) is 18.9 Å². The molecule has 40 heavy (non-hydrogen) atoms. The minimum Gasteiger partial charge on any atom is -0.496 e. The standard InChI is InChI=1S/C31H39N3O6/c1-21-27(22(2)40-33-21)17-25-16-24(8-10-28(25)38-3)18-34-19-26-15-23(9-12-31(36)37)7-11-29(26)39-14-6-4-5-13-32-30(35)20-34/h7-8,10-11,15-16H,4-6,9,12-14,17-20H2,1-3H3,(H,32,35)(H,36,37). The number of carboxylic acid groups (broad SMARTS) is 1. The summed E-state index contributed by atoms with van der Waals surface area (Å²) in [6, 6.07) is 12.0. The van der Waals surface area contributed by atoms with Gasteiger partial charge in [0, 0.05) is 43.6 Å². The van der Waals surface area contributed by atoms with E-state index < -0.39 is 5.97 Å². The Balaban J connectivity index is 1.62. The molecule has 0 saturated heterocycles. The number of aryl methyl sites for hydroxylation is 3. The number of fused-ring (bicyclic) bond motifs is 1. The number of aliphatic carboxylic acids is 1. The van der Waals surface area contributed by atoms with Crippen LogP contribution in [0.2, 0.25) is 0 Å². The van der Waals surface area contributed by atoms with Crippen LogP contribution in [-0.2, 0) is 35.5 Å². The van der Waals surface area contributed by atoms with Gasteiger partial charge in [-0.25, -0.2) is 0 Å². The third-order valence-electron chi connectivity index (χ3n) is 7.21. The Morgan fingerprint density at radius 3 is 2.67 bits per heavy atom. The van der Waals surface area contributed by atoms with Gasteiger partial charge in [0.15, 0.2) is 0 Å². The van der Waals surface area contributed by atoms with Crippen molar-refractivity contribution >= 4 is 11.9 Å². The molecule has 0 bridgehead atoms. The number of ether oxygens (including phenoxy) is 2. The molecule has 9 heteroatoms. The summed E-state index contributed by atoms with van der Waals surface area (Å²) in [6.07, 6.45) is 3.90. The van der Waals surface area contributed by atoms with Gasteiger partial charge in [-0.3, -0.25) is 14.5 Å². The smallest absolute Gasteiger partial charge is 0.303 e. The summed E-state index contributed by atoms with van der Waals surface area (Å²) < 4.78 is 17.2. The molecular formula is C31H39N3O6. The lowest BCUT2D eigenvalue weighted by Crippen LogP contribution is -2.37. The third-order valence-corrected chi connectivity index (χ3v) is 7.21. The number of methoxy groups -OCH3 is 1. The van der Waals surface area contributed by atoms with E-state index >= 15 is 0 Å². The lowest BCUT2D eigenvalue weighted by molar-refractivity contribution is -0.137. The molecule has 2 heterocycles. The molecule has 1 aliphatic heterocycles. The maximum Gasteiger partial charge on any atom is 0.303 e. The van der Waals surface area contributed by atoms with Crippen LogP contribution in [-0.4, -0.2) is 53.8 Å². The van der Waals surface area contributed by atoms with E-state index in [9.17, 15) is 9.59 Å². The summed E-state index contributed by atoms with van der Waals surface area (Å²) in [5.74, 6) is 1.50. The molecule has 1 aliphatic rings. The van der Waals surface area contributed by atoms with Crippen LogP contribution in [0.4, 0.5) is 0 Å². The summed E-state index contributed by atoms with van der Waals surface area (Å²) in [4.78, 5) is 26.2. The predicted octanol–water partition coefficient (Wildman–Crippen LogP) is 4.59. The zero-order valence-corrected chi connectivity index (χ0v) is 23.6. The fourth-order valence-electron chi connectivity index (χ4n) is 5.06. The first-order valence-electron chi connectivity index (χ1n) is 13.9. The van der Waals surface area contributed by atoms with Gasteiger partial charge in [-0.1, -0.05) is 29.4 Å². The average molecular weight is 550 g/mol. The SMILES string of the molecule is COc1ccc(CN2CC(=O)NCCCCCOc3ccc(CCC(=O)O)cc3C2)cc1Cc1c(C)noc1C. The largest absolute Gasteiger partial charge is 0.496 e. The van der Waals surface area contributed by atoms with Gasteiger partial charge in [-0.2, -0.15) is 0 Å². The van der Waals surface area contributed by atoms with Crippen LogP contribution < -0.4 is 14.8 Å². The molecule has 0 saturated carbocycles. The van der Waals surface area contributed by atoms with Crippen molar-refractivity contribution < 1.29 is 28.7 Å². The van der Waals surface area contributed by atoms with Crippen molar-refractivity contribution in [1.82, 2.24) is 15.4 Å². The van der Waals surface area contributed by atoms with E-state index in [4.69, 9.17) is 19.1 Å². The van der Waals surface area contributed by atoms with Crippen LogP contribution in [0.3, 0.4) is 0 Å². The van der Waals surface area contributed by atoms with Crippen molar-refractivity contribution in [3.05, 3.63) is 75.7 Å². The topological polar surface area (TPSA) is 114 Å². The van der Waals surface area contributed by atoms with Gasteiger partial charge in [0.1, 0.15) is 17.3 Å². The molecule has 1 aromatic heterocycles. The Kier molecular flexibility index (Phi) is 10.2. The van der Waals surface area contributed by atoms with Crippen LogP contribution in [0.15, 0.2) is 40.9 Å². The van der Waals surface area contributed by atoms with Crippen LogP contribution in [0.5, 0.6) is 11.5 Å². The molecular weight excluding hydrogens is 510 g/mol. The van der Waals surface area contributed by atoms with Gasteiger partial charge in [0.25, 0.3) is 0 Å². The minimum atomic E-state index is -0.828. The monoisotopic (exact) mass is 549 g/mol. The van der Waals surface area contributed by atoms with E-state index in [2.05, 4.69) is 21.4 Å². The predicted molar refractivity (Wildman–Crippen MR) is 151 cm³/mol. The maximum absolute atomic E-state index is 12.9. The Bertz CT molecular complexity index is 1300. The van der Waals surface area contributed by atoms with Gasteiger partial charge in [0.05, 0.1) is 26.0 Å². The molecule has 2 N–H and O–H groups in total. The fraction of sp³-hybridized carbons (Fsp3) is 0.452. The molecule has 1 amide bonds. The van der Waals surface area contributed by atoms with Crippen molar-refractivity contribution in [3.63, 3.8) is 0 Å². The number of amides is 1. The number of carboxylic acids is 1. The van der Waals surface area contributed by atoms with Gasteiger partial charge in [-0.05, 0) is 68.4 Å². The number of rotatable bonds is 8. The highest BCUT2D eigenvalue weighted by atomic mass is 16.5. The molecule has 0 fully saturated rings. The molecule has 4 rings (SSSR count). The van der Waals surface area contributed by atoms with Gasteiger partial charge >= 0.3 is 5.97 Å².